The molecule has 0 aromatic heterocycles. The van der Waals surface area contributed by atoms with Crippen LogP contribution < -0.4 is 4.74 Å². The van der Waals surface area contributed by atoms with Crippen molar-refractivity contribution >= 4 is 33.3 Å². The van der Waals surface area contributed by atoms with Gasteiger partial charge in [0.05, 0.1) is 4.83 Å². The molecule has 1 atom stereocenters. The van der Waals surface area contributed by atoms with E-state index in [1.54, 1.807) is 6.07 Å². The SMILES string of the molecule is CC(=O)C(Br)c1cc(CCl)cc(OC(F)F)c1. The Morgan fingerprint density at radius 1 is 1.47 bits per heavy atom. The summed E-state index contributed by atoms with van der Waals surface area (Å²) in [7, 11) is 0. The lowest BCUT2D eigenvalue weighted by atomic mass is 10.1. The van der Waals surface area contributed by atoms with Crippen molar-refractivity contribution in [2.45, 2.75) is 24.2 Å². The molecule has 1 rings (SSSR count). The number of halogens is 4. The number of rotatable bonds is 5. The van der Waals surface area contributed by atoms with Crippen molar-refractivity contribution in [3.05, 3.63) is 29.3 Å². The van der Waals surface area contributed by atoms with Gasteiger partial charge >= 0.3 is 6.61 Å². The molecule has 0 fully saturated rings. The zero-order valence-corrected chi connectivity index (χ0v) is 11.3. The quantitative estimate of drug-likeness (QED) is 0.763. The number of alkyl halides is 4. The molecule has 1 aromatic rings. The van der Waals surface area contributed by atoms with E-state index in [1.807, 2.05) is 0 Å². The predicted molar refractivity (Wildman–Crippen MR) is 65.0 cm³/mol. The van der Waals surface area contributed by atoms with Gasteiger partial charge < -0.3 is 4.74 Å². The third kappa shape index (κ3) is 4.24. The third-order valence-electron chi connectivity index (χ3n) is 2.02. The molecule has 1 aromatic carbocycles. The smallest absolute Gasteiger partial charge is 0.387 e. The number of Topliss-reactive ketones (excluding diaryl/α,β-unsaturated/α-hetero) is 1. The Hall–Kier alpha value is -0.680. The van der Waals surface area contributed by atoms with Crippen LogP contribution in [0.3, 0.4) is 0 Å². The molecule has 0 amide bonds. The number of carbonyl (C=O) groups is 1. The summed E-state index contributed by atoms with van der Waals surface area (Å²) in [4.78, 5) is 10.7. The largest absolute Gasteiger partial charge is 0.435 e. The van der Waals surface area contributed by atoms with Crippen LogP contribution >= 0.6 is 27.5 Å². The number of carbonyl (C=O) groups excluding carboxylic acids is 1. The molecule has 0 bridgehead atoms. The molecule has 0 heterocycles. The highest BCUT2D eigenvalue weighted by atomic mass is 79.9. The van der Waals surface area contributed by atoms with E-state index < -0.39 is 11.4 Å². The maximum absolute atomic E-state index is 12.1. The minimum Gasteiger partial charge on any atom is -0.435 e. The highest BCUT2D eigenvalue weighted by Gasteiger charge is 2.15. The van der Waals surface area contributed by atoms with Crippen LogP contribution in [0.1, 0.15) is 22.9 Å². The second-order valence-corrected chi connectivity index (χ2v) is 4.58. The lowest BCUT2D eigenvalue weighted by molar-refractivity contribution is -0.116. The average Bonchev–Trinajstić information content (AvgIpc) is 2.26. The molecule has 17 heavy (non-hydrogen) atoms. The molecular formula is C11H10BrClF2O2. The van der Waals surface area contributed by atoms with Crippen LogP contribution in [0.2, 0.25) is 0 Å². The molecule has 0 N–H and O–H groups in total. The molecular weight excluding hydrogens is 317 g/mol. The number of ether oxygens (including phenoxy) is 1. The van der Waals surface area contributed by atoms with Gasteiger partial charge in [-0.25, -0.2) is 0 Å². The molecule has 0 spiro atoms. The van der Waals surface area contributed by atoms with E-state index in [0.717, 1.165) is 0 Å². The Morgan fingerprint density at radius 2 is 2.12 bits per heavy atom. The number of benzene rings is 1. The molecule has 0 radical (unpaired) electrons. The fourth-order valence-electron chi connectivity index (χ4n) is 1.32. The second-order valence-electron chi connectivity index (χ2n) is 3.40. The summed E-state index contributed by atoms with van der Waals surface area (Å²) in [5.41, 5.74) is 1.16. The van der Waals surface area contributed by atoms with Gasteiger partial charge in [-0.2, -0.15) is 8.78 Å². The number of hydrogen-bond acceptors (Lipinski definition) is 2. The first-order chi connectivity index (χ1) is 7.93. The summed E-state index contributed by atoms with van der Waals surface area (Å²) in [6.45, 7) is -1.50. The van der Waals surface area contributed by atoms with Crippen LogP contribution in [0, 0.1) is 0 Å². The van der Waals surface area contributed by atoms with Gasteiger partial charge in [0.25, 0.3) is 0 Å². The average molecular weight is 328 g/mol. The van der Waals surface area contributed by atoms with E-state index in [1.165, 1.54) is 19.1 Å². The van der Waals surface area contributed by atoms with Gasteiger partial charge in [0.15, 0.2) is 0 Å². The zero-order valence-electron chi connectivity index (χ0n) is 8.92. The van der Waals surface area contributed by atoms with Crippen LogP contribution in [0.25, 0.3) is 0 Å². The zero-order chi connectivity index (χ0) is 13.0. The molecule has 0 saturated heterocycles. The maximum atomic E-state index is 12.1. The van der Waals surface area contributed by atoms with E-state index in [9.17, 15) is 13.6 Å². The van der Waals surface area contributed by atoms with Crippen molar-refractivity contribution in [1.29, 1.82) is 0 Å². The fourth-order valence-corrected chi connectivity index (χ4v) is 1.73. The minimum absolute atomic E-state index is 0.00106. The minimum atomic E-state index is -2.90. The predicted octanol–water partition coefficient (Wildman–Crippen LogP) is 4.05. The Labute approximate surface area is 111 Å². The monoisotopic (exact) mass is 326 g/mol. The molecule has 0 aliphatic heterocycles. The lowest BCUT2D eigenvalue weighted by Gasteiger charge is -2.11. The second kappa shape index (κ2) is 6.31. The Kier molecular flexibility index (Phi) is 5.33. The van der Waals surface area contributed by atoms with E-state index >= 15 is 0 Å². The van der Waals surface area contributed by atoms with Gasteiger partial charge in [0.1, 0.15) is 11.5 Å². The number of hydrogen-bond donors (Lipinski definition) is 0. The highest BCUT2D eigenvalue weighted by molar-refractivity contribution is 9.09. The lowest BCUT2D eigenvalue weighted by Crippen LogP contribution is -2.05. The van der Waals surface area contributed by atoms with Crippen molar-refractivity contribution in [3.8, 4) is 5.75 Å². The first kappa shape index (κ1) is 14.4. The fraction of sp³-hybridized carbons (Fsp3) is 0.364. The topological polar surface area (TPSA) is 26.3 Å². The van der Waals surface area contributed by atoms with E-state index in [4.69, 9.17) is 11.6 Å². The van der Waals surface area contributed by atoms with E-state index in [0.29, 0.717) is 11.1 Å². The van der Waals surface area contributed by atoms with Crippen LogP contribution in [0.5, 0.6) is 5.75 Å². The molecule has 0 saturated carbocycles. The number of ketones is 1. The van der Waals surface area contributed by atoms with Crippen LogP contribution in [0.15, 0.2) is 18.2 Å². The first-order valence-electron chi connectivity index (χ1n) is 4.73. The maximum Gasteiger partial charge on any atom is 0.387 e. The van der Waals surface area contributed by atoms with Gasteiger partial charge in [-0.15, -0.1) is 11.6 Å². The summed E-state index contributed by atoms with van der Waals surface area (Å²) >= 11 is 8.83. The van der Waals surface area contributed by atoms with Crippen molar-refractivity contribution < 1.29 is 18.3 Å². The van der Waals surface area contributed by atoms with Crippen LogP contribution in [-0.2, 0) is 10.7 Å². The van der Waals surface area contributed by atoms with Crippen LogP contribution in [-0.4, -0.2) is 12.4 Å². The Bertz CT molecular complexity index is 412. The molecule has 0 aliphatic carbocycles. The summed E-state index contributed by atoms with van der Waals surface area (Å²) in [5.74, 6) is 0.0315. The normalized spacial score (nSPS) is 12.6. The summed E-state index contributed by atoms with van der Waals surface area (Å²) in [5, 5.41) is 0. The van der Waals surface area contributed by atoms with Crippen molar-refractivity contribution in [2.24, 2.45) is 0 Å². The Morgan fingerprint density at radius 3 is 2.59 bits per heavy atom. The Balaban J connectivity index is 3.08. The molecule has 2 nitrogen and oxygen atoms in total. The molecule has 0 aliphatic rings. The van der Waals surface area contributed by atoms with Crippen molar-refractivity contribution in [2.75, 3.05) is 0 Å². The van der Waals surface area contributed by atoms with Gasteiger partial charge in [-0.1, -0.05) is 22.0 Å². The van der Waals surface area contributed by atoms with Gasteiger partial charge in [-0.05, 0) is 30.2 Å². The summed E-state index contributed by atoms with van der Waals surface area (Å²) in [6.07, 6.45) is 0. The van der Waals surface area contributed by atoms with Gasteiger partial charge in [-0.3, -0.25) is 4.79 Å². The first-order valence-corrected chi connectivity index (χ1v) is 6.18. The van der Waals surface area contributed by atoms with Crippen molar-refractivity contribution in [1.82, 2.24) is 0 Å². The molecule has 6 heteroatoms. The third-order valence-corrected chi connectivity index (χ3v) is 3.50. The van der Waals surface area contributed by atoms with Gasteiger partial charge in [0, 0.05) is 5.88 Å². The van der Waals surface area contributed by atoms with Gasteiger partial charge in [0.2, 0.25) is 0 Å². The van der Waals surface area contributed by atoms with Crippen LogP contribution in [0.4, 0.5) is 8.78 Å². The summed E-state index contributed by atoms with van der Waals surface area (Å²) < 4.78 is 28.5. The van der Waals surface area contributed by atoms with Crippen molar-refractivity contribution in [3.63, 3.8) is 0 Å². The standard InChI is InChI=1S/C11H10BrClF2O2/c1-6(16)10(12)8-2-7(5-13)3-9(4-8)17-11(14)15/h2-4,10-11H,5H2,1H3. The highest BCUT2D eigenvalue weighted by Crippen LogP contribution is 2.29. The van der Waals surface area contributed by atoms with E-state index in [2.05, 4.69) is 20.7 Å². The van der Waals surface area contributed by atoms with E-state index in [-0.39, 0.29) is 17.4 Å². The summed E-state index contributed by atoms with van der Waals surface area (Å²) in [6, 6.07) is 4.48. The molecule has 1 unspecified atom stereocenters. The molecule has 94 valence electrons.